The molecule has 0 atom stereocenters. The maximum atomic E-state index is 4.99. The second-order valence-corrected chi connectivity index (χ2v) is 4.81. The summed E-state index contributed by atoms with van der Waals surface area (Å²) in [6, 6.07) is 6.63. The van der Waals surface area contributed by atoms with Gasteiger partial charge in [-0.3, -0.25) is 0 Å². The summed E-state index contributed by atoms with van der Waals surface area (Å²) in [6.07, 6.45) is 1.15. The van der Waals surface area contributed by atoms with Crippen molar-refractivity contribution in [3.63, 3.8) is 0 Å². The lowest BCUT2D eigenvalue weighted by Crippen LogP contribution is -2.26. The summed E-state index contributed by atoms with van der Waals surface area (Å²) >= 11 is 0. The predicted octanol–water partition coefficient (Wildman–Crippen LogP) is 2.37. The second kappa shape index (κ2) is 8.11. The number of hydrogen-bond acceptors (Lipinski definition) is 3. The highest BCUT2D eigenvalue weighted by Gasteiger charge is 2.03. The Morgan fingerprint density at radius 1 is 1.22 bits per heavy atom. The van der Waals surface area contributed by atoms with Crippen LogP contribution >= 0.6 is 0 Å². The van der Waals surface area contributed by atoms with Gasteiger partial charge in [-0.1, -0.05) is 17.7 Å². The van der Waals surface area contributed by atoms with Gasteiger partial charge in [0.1, 0.15) is 0 Å². The summed E-state index contributed by atoms with van der Waals surface area (Å²) in [5.74, 6) is 0. The van der Waals surface area contributed by atoms with E-state index in [4.69, 9.17) is 4.74 Å². The van der Waals surface area contributed by atoms with E-state index in [-0.39, 0.29) is 0 Å². The molecule has 0 aliphatic heterocycles. The van der Waals surface area contributed by atoms with Crippen LogP contribution in [0.1, 0.15) is 17.5 Å². The molecular weight excluding hydrogens is 224 g/mol. The molecule has 3 heteroatoms. The van der Waals surface area contributed by atoms with E-state index in [9.17, 15) is 0 Å². The molecule has 1 N–H and O–H groups in total. The molecule has 102 valence electrons. The van der Waals surface area contributed by atoms with Gasteiger partial charge in [-0.05, 0) is 38.4 Å². The first kappa shape index (κ1) is 15.0. The molecular formula is C15H26N2O. The highest BCUT2D eigenvalue weighted by molar-refractivity contribution is 5.53. The molecule has 18 heavy (non-hydrogen) atoms. The van der Waals surface area contributed by atoms with E-state index < -0.39 is 0 Å². The van der Waals surface area contributed by atoms with Crippen LogP contribution in [0.2, 0.25) is 0 Å². The molecule has 0 saturated heterocycles. The zero-order chi connectivity index (χ0) is 13.4. The minimum absolute atomic E-state index is 0.785. The van der Waals surface area contributed by atoms with E-state index in [2.05, 4.69) is 49.3 Å². The fraction of sp³-hybridized carbons (Fsp3) is 0.600. The quantitative estimate of drug-likeness (QED) is 0.717. The van der Waals surface area contributed by atoms with Gasteiger partial charge in [-0.25, -0.2) is 0 Å². The van der Waals surface area contributed by atoms with Crippen LogP contribution in [0.25, 0.3) is 0 Å². The highest BCUT2D eigenvalue weighted by atomic mass is 16.5. The minimum atomic E-state index is 0.785. The molecule has 0 aliphatic rings. The first-order chi connectivity index (χ1) is 8.65. The van der Waals surface area contributed by atoms with E-state index in [1.165, 1.54) is 16.8 Å². The van der Waals surface area contributed by atoms with Gasteiger partial charge >= 0.3 is 0 Å². The lowest BCUT2D eigenvalue weighted by atomic mass is 10.1. The average Bonchev–Trinajstić information content (AvgIpc) is 2.33. The first-order valence-electron chi connectivity index (χ1n) is 6.63. The van der Waals surface area contributed by atoms with E-state index in [1.54, 1.807) is 7.11 Å². The van der Waals surface area contributed by atoms with Gasteiger partial charge in [0.2, 0.25) is 0 Å². The largest absolute Gasteiger partial charge is 0.383 e. The lowest BCUT2D eigenvalue weighted by Gasteiger charge is -2.21. The summed E-state index contributed by atoms with van der Waals surface area (Å²) in [5, 5.41) is 3.37. The third kappa shape index (κ3) is 5.07. The van der Waals surface area contributed by atoms with E-state index in [1.807, 2.05) is 0 Å². The second-order valence-electron chi connectivity index (χ2n) is 4.81. The Bertz CT molecular complexity index is 352. The molecule has 0 unspecified atom stereocenters. The van der Waals surface area contributed by atoms with Crippen LogP contribution in [0.5, 0.6) is 0 Å². The molecule has 0 heterocycles. The Hall–Kier alpha value is -1.06. The number of benzene rings is 1. The Kier molecular flexibility index (Phi) is 6.76. The zero-order valence-electron chi connectivity index (χ0n) is 12.1. The van der Waals surface area contributed by atoms with Gasteiger partial charge < -0.3 is 15.0 Å². The van der Waals surface area contributed by atoms with E-state index in [0.29, 0.717) is 0 Å². The Morgan fingerprint density at radius 2 is 2.00 bits per heavy atom. The summed E-state index contributed by atoms with van der Waals surface area (Å²) in [4.78, 5) is 2.33. The normalized spacial score (nSPS) is 10.7. The Morgan fingerprint density at radius 3 is 2.67 bits per heavy atom. The number of nitrogens with one attached hydrogen (secondary N) is 1. The fourth-order valence-corrected chi connectivity index (χ4v) is 2.09. The van der Waals surface area contributed by atoms with Crippen LogP contribution in [0.15, 0.2) is 18.2 Å². The van der Waals surface area contributed by atoms with Crippen molar-refractivity contribution in [1.82, 2.24) is 5.32 Å². The fourth-order valence-electron chi connectivity index (χ4n) is 2.09. The van der Waals surface area contributed by atoms with Crippen molar-refractivity contribution in [2.75, 3.05) is 45.3 Å². The van der Waals surface area contributed by atoms with E-state index in [0.717, 1.165) is 32.7 Å². The summed E-state index contributed by atoms with van der Waals surface area (Å²) < 4.78 is 4.99. The summed E-state index contributed by atoms with van der Waals surface area (Å²) in [5.41, 5.74) is 4.01. The maximum absolute atomic E-state index is 4.99. The summed E-state index contributed by atoms with van der Waals surface area (Å²) in [6.45, 7) is 8.14. The number of ether oxygens (including phenoxy) is 1. The first-order valence-corrected chi connectivity index (χ1v) is 6.63. The van der Waals surface area contributed by atoms with Crippen LogP contribution < -0.4 is 10.2 Å². The number of hydrogen-bond donors (Lipinski definition) is 1. The maximum Gasteiger partial charge on any atom is 0.0587 e. The number of methoxy groups -OCH3 is 1. The minimum Gasteiger partial charge on any atom is -0.383 e. The Balaban J connectivity index is 2.29. The molecule has 0 radical (unpaired) electrons. The van der Waals surface area contributed by atoms with Crippen molar-refractivity contribution in [3.8, 4) is 0 Å². The standard InChI is InChI=1S/C15H26N2O/c1-13-6-7-15(14(2)12-13)17(3)10-5-8-16-9-11-18-4/h6-7,12,16H,5,8-11H2,1-4H3. The van der Waals surface area contributed by atoms with Gasteiger partial charge in [0, 0.05) is 32.9 Å². The van der Waals surface area contributed by atoms with Crippen molar-refractivity contribution in [2.45, 2.75) is 20.3 Å². The van der Waals surface area contributed by atoms with Crippen LogP contribution in [0.4, 0.5) is 5.69 Å². The van der Waals surface area contributed by atoms with Crippen molar-refractivity contribution in [3.05, 3.63) is 29.3 Å². The van der Waals surface area contributed by atoms with Crippen molar-refractivity contribution >= 4 is 5.69 Å². The lowest BCUT2D eigenvalue weighted by molar-refractivity contribution is 0.199. The third-order valence-electron chi connectivity index (χ3n) is 3.09. The van der Waals surface area contributed by atoms with Crippen molar-refractivity contribution in [1.29, 1.82) is 0 Å². The molecule has 0 fully saturated rings. The molecule has 0 aliphatic carbocycles. The number of anilines is 1. The molecule has 0 amide bonds. The van der Waals surface area contributed by atoms with Gasteiger partial charge in [0.05, 0.1) is 6.61 Å². The van der Waals surface area contributed by atoms with Gasteiger partial charge in [0.25, 0.3) is 0 Å². The molecule has 0 bridgehead atoms. The van der Waals surface area contributed by atoms with Crippen LogP contribution in [0, 0.1) is 13.8 Å². The zero-order valence-corrected chi connectivity index (χ0v) is 12.1. The SMILES string of the molecule is COCCNCCCN(C)c1ccc(C)cc1C. The molecule has 1 aromatic carbocycles. The van der Waals surface area contributed by atoms with E-state index >= 15 is 0 Å². The topological polar surface area (TPSA) is 24.5 Å². The smallest absolute Gasteiger partial charge is 0.0587 e. The molecule has 1 rings (SSSR count). The van der Waals surface area contributed by atoms with Crippen molar-refractivity contribution in [2.24, 2.45) is 0 Å². The molecule has 0 aromatic heterocycles. The molecule has 0 spiro atoms. The molecule has 0 saturated carbocycles. The molecule has 1 aromatic rings. The van der Waals surface area contributed by atoms with Crippen LogP contribution in [-0.4, -0.2) is 40.4 Å². The van der Waals surface area contributed by atoms with Crippen molar-refractivity contribution < 1.29 is 4.74 Å². The predicted molar refractivity (Wildman–Crippen MR) is 78.5 cm³/mol. The average molecular weight is 250 g/mol. The number of rotatable bonds is 8. The molecule has 3 nitrogen and oxygen atoms in total. The van der Waals surface area contributed by atoms with Crippen LogP contribution in [-0.2, 0) is 4.74 Å². The Labute approximate surface area is 111 Å². The van der Waals surface area contributed by atoms with Gasteiger partial charge in [-0.2, -0.15) is 0 Å². The number of aryl methyl sites for hydroxylation is 2. The monoisotopic (exact) mass is 250 g/mol. The van der Waals surface area contributed by atoms with Crippen LogP contribution in [0.3, 0.4) is 0 Å². The van der Waals surface area contributed by atoms with Gasteiger partial charge in [0.15, 0.2) is 0 Å². The summed E-state index contributed by atoms with van der Waals surface area (Å²) in [7, 11) is 3.89. The van der Waals surface area contributed by atoms with Gasteiger partial charge in [-0.15, -0.1) is 0 Å². The number of nitrogens with zero attached hydrogens (tertiary/aromatic N) is 1. The third-order valence-corrected chi connectivity index (χ3v) is 3.09. The highest BCUT2D eigenvalue weighted by Crippen LogP contribution is 2.19.